The summed E-state index contributed by atoms with van der Waals surface area (Å²) >= 11 is 0. The third-order valence-corrected chi connectivity index (χ3v) is 5.80. The Hall–Kier alpha value is -1.92. The van der Waals surface area contributed by atoms with Gasteiger partial charge >= 0.3 is 11.9 Å². The molecule has 6 nitrogen and oxygen atoms in total. The standard InChI is InChI=1S/C18H20O6/c1-9-14-10(2)18(8-22-14)7-13(15(9)24-18)23-17(21)12-6-4-3-5-11(12)16(19)20/h3-6,9-10,13-15H,7-8H2,1-2H3,(H,19,20)/t9?,10?,13-,14?,15+,18?/m0/s1. The second-order valence-corrected chi connectivity index (χ2v) is 7.07. The Morgan fingerprint density at radius 3 is 2.62 bits per heavy atom. The molecule has 3 aliphatic rings. The number of esters is 1. The highest BCUT2D eigenvalue weighted by Gasteiger charge is 2.64. The number of hydrogen-bond donors (Lipinski definition) is 1. The van der Waals surface area contributed by atoms with Gasteiger partial charge in [-0.2, -0.15) is 0 Å². The van der Waals surface area contributed by atoms with Crippen molar-refractivity contribution >= 4 is 11.9 Å². The maximum Gasteiger partial charge on any atom is 0.339 e. The number of aromatic carboxylic acids is 1. The van der Waals surface area contributed by atoms with E-state index < -0.39 is 11.9 Å². The fourth-order valence-electron chi connectivity index (χ4n) is 4.45. The third-order valence-electron chi connectivity index (χ3n) is 5.80. The van der Waals surface area contributed by atoms with E-state index in [0.29, 0.717) is 13.0 Å². The van der Waals surface area contributed by atoms with Gasteiger partial charge in [-0.1, -0.05) is 26.0 Å². The van der Waals surface area contributed by atoms with Crippen LogP contribution in [0, 0.1) is 11.8 Å². The number of fused-ring (bicyclic) bond motifs is 2. The number of hydrogen-bond acceptors (Lipinski definition) is 5. The Balaban J connectivity index is 1.57. The second kappa shape index (κ2) is 5.29. The SMILES string of the molecule is CC1C2OCC3(C[C@H](OC(=O)c4ccccc4C(=O)O)[C@@H]1O3)C2C. The highest BCUT2D eigenvalue weighted by Crippen LogP contribution is 2.53. The number of rotatable bonds is 3. The van der Waals surface area contributed by atoms with Gasteiger partial charge in [0.2, 0.25) is 0 Å². The van der Waals surface area contributed by atoms with Crippen LogP contribution in [0.4, 0.5) is 0 Å². The van der Waals surface area contributed by atoms with Crippen molar-refractivity contribution in [1.82, 2.24) is 0 Å². The van der Waals surface area contributed by atoms with Crippen molar-refractivity contribution in [1.29, 1.82) is 0 Å². The van der Waals surface area contributed by atoms with E-state index in [-0.39, 0.29) is 46.9 Å². The van der Waals surface area contributed by atoms with E-state index in [9.17, 15) is 14.7 Å². The van der Waals surface area contributed by atoms with E-state index in [4.69, 9.17) is 14.2 Å². The zero-order chi connectivity index (χ0) is 17.1. The molecule has 4 rings (SSSR count). The normalized spacial score (nSPS) is 39.7. The Labute approximate surface area is 139 Å². The smallest absolute Gasteiger partial charge is 0.339 e. The van der Waals surface area contributed by atoms with Crippen LogP contribution in [0.1, 0.15) is 41.0 Å². The van der Waals surface area contributed by atoms with Crippen LogP contribution < -0.4 is 0 Å². The van der Waals surface area contributed by atoms with Crippen LogP contribution in [0.3, 0.4) is 0 Å². The average molecular weight is 332 g/mol. The quantitative estimate of drug-likeness (QED) is 0.854. The molecular weight excluding hydrogens is 312 g/mol. The number of carboxylic acids is 1. The highest BCUT2D eigenvalue weighted by atomic mass is 16.6. The first kappa shape index (κ1) is 15.6. The van der Waals surface area contributed by atoms with E-state index in [0.717, 1.165) is 0 Å². The number of carboxylic acid groups (broad SMARTS) is 1. The number of benzene rings is 1. The molecule has 1 aromatic carbocycles. The van der Waals surface area contributed by atoms with Crippen LogP contribution in [0.5, 0.6) is 0 Å². The molecule has 0 aromatic heterocycles. The van der Waals surface area contributed by atoms with Gasteiger partial charge in [0.15, 0.2) is 0 Å². The summed E-state index contributed by atoms with van der Waals surface area (Å²) in [7, 11) is 0. The molecule has 0 amide bonds. The molecule has 1 N–H and O–H groups in total. The molecule has 4 unspecified atom stereocenters. The fraction of sp³-hybridized carbons (Fsp3) is 0.556. The van der Waals surface area contributed by atoms with Gasteiger partial charge in [0.25, 0.3) is 0 Å². The maximum absolute atomic E-state index is 12.5. The van der Waals surface area contributed by atoms with Crippen molar-refractivity contribution in [3.63, 3.8) is 0 Å². The van der Waals surface area contributed by atoms with Gasteiger partial charge < -0.3 is 19.3 Å². The minimum atomic E-state index is -1.14. The monoisotopic (exact) mass is 332 g/mol. The van der Waals surface area contributed by atoms with Crippen molar-refractivity contribution in [2.45, 2.75) is 44.2 Å². The van der Waals surface area contributed by atoms with Gasteiger partial charge in [-0.3, -0.25) is 0 Å². The predicted octanol–water partition coefficient (Wildman–Crippen LogP) is 2.12. The summed E-state index contributed by atoms with van der Waals surface area (Å²) in [5.41, 5.74) is -0.348. The average Bonchev–Trinajstić information content (AvgIpc) is 3.01. The minimum Gasteiger partial charge on any atom is -0.478 e. The molecule has 6 heteroatoms. The summed E-state index contributed by atoms with van der Waals surface area (Å²) in [6, 6.07) is 6.10. The second-order valence-electron chi connectivity index (χ2n) is 7.07. The van der Waals surface area contributed by atoms with Gasteiger partial charge in [0.05, 0.1) is 23.8 Å². The van der Waals surface area contributed by atoms with E-state index in [2.05, 4.69) is 13.8 Å². The van der Waals surface area contributed by atoms with Crippen molar-refractivity contribution in [3.05, 3.63) is 35.4 Å². The summed E-state index contributed by atoms with van der Waals surface area (Å²) < 4.78 is 17.8. The van der Waals surface area contributed by atoms with E-state index >= 15 is 0 Å². The Kier molecular flexibility index (Phi) is 3.44. The summed E-state index contributed by atoms with van der Waals surface area (Å²) in [5, 5.41) is 9.24. The fourth-order valence-corrected chi connectivity index (χ4v) is 4.45. The van der Waals surface area contributed by atoms with E-state index in [1.807, 2.05) is 0 Å². The lowest BCUT2D eigenvalue weighted by Crippen LogP contribution is -2.47. The topological polar surface area (TPSA) is 82.1 Å². The molecular formula is C18H20O6. The van der Waals surface area contributed by atoms with Crippen LogP contribution in [0.2, 0.25) is 0 Å². The van der Waals surface area contributed by atoms with Crippen molar-refractivity contribution in [2.75, 3.05) is 6.61 Å². The van der Waals surface area contributed by atoms with E-state index in [1.165, 1.54) is 12.1 Å². The zero-order valence-corrected chi connectivity index (χ0v) is 13.6. The molecule has 1 aromatic rings. The lowest BCUT2D eigenvalue weighted by Gasteiger charge is -2.37. The summed E-state index contributed by atoms with van der Waals surface area (Å²) in [6.07, 6.45) is 0.153. The Bertz CT molecular complexity index is 701. The van der Waals surface area contributed by atoms with Gasteiger partial charge in [-0.15, -0.1) is 0 Å². The predicted molar refractivity (Wildman–Crippen MR) is 82.9 cm³/mol. The van der Waals surface area contributed by atoms with Crippen LogP contribution in [-0.2, 0) is 14.2 Å². The summed E-state index contributed by atoms with van der Waals surface area (Å²) in [5.74, 6) is -1.36. The largest absolute Gasteiger partial charge is 0.478 e. The first-order chi connectivity index (χ1) is 11.4. The van der Waals surface area contributed by atoms with Gasteiger partial charge in [-0.05, 0) is 12.1 Å². The molecule has 0 aliphatic carbocycles. The van der Waals surface area contributed by atoms with E-state index in [1.54, 1.807) is 12.1 Å². The summed E-state index contributed by atoms with van der Waals surface area (Å²) in [6.45, 7) is 4.70. The molecule has 24 heavy (non-hydrogen) atoms. The molecule has 0 saturated carbocycles. The molecule has 3 heterocycles. The van der Waals surface area contributed by atoms with Crippen LogP contribution in [-0.4, -0.2) is 47.6 Å². The third kappa shape index (κ3) is 2.09. The number of carbonyl (C=O) groups excluding carboxylic acids is 1. The van der Waals surface area contributed by atoms with Crippen molar-refractivity contribution in [2.24, 2.45) is 11.8 Å². The highest BCUT2D eigenvalue weighted by molar-refractivity contribution is 6.02. The first-order valence-electron chi connectivity index (χ1n) is 8.26. The first-order valence-corrected chi connectivity index (χ1v) is 8.26. The number of carbonyl (C=O) groups is 2. The molecule has 6 atom stereocenters. The molecule has 3 fully saturated rings. The molecule has 3 bridgehead atoms. The van der Waals surface area contributed by atoms with Gasteiger partial charge in [0, 0.05) is 18.3 Å². The lowest BCUT2D eigenvalue weighted by molar-refractivity contribution is -0.124. The Morgan fingerprint density at radius 2 is 1.92 bits per heavy atom. The van der Waals surface area contributed by atoms with Crippen molar-refractivity contribution in [3.8, 4) is 0 Å². The van der Waals surface area contributed by atoms with Gasteiger partial charge in [0.1, 0.15) is 17.8 Å². The molecule has 3 saturated heterocycles. The Morgan fingerprint density at radius 1 is 1.21 bits per heavy atom. The van der Waals surface area contributed by atoms with Crippen LogP contribution in [0.25, 0.3) is 0 Å². The zero-order valence-electron chi connectivity index (χ0n) is 13.6. The molecule has 0 radical (unpaired) electrons. The minimum absolute atomic E-state index is 0.0474. The maximum atomic E-state index is 12.5. The number of ether oxygens (including phenoxy) is 3. The summed E-state index contributed by atoms with van der Waals surface area (Å²) in [4.78, 5) is 23.8. The van der Waals surface area contributed by atoms with Gasteiger partial charge in [-0.25, -0.2) is 9.59 Å². The molecule has 3 aliphatic heterocycles. The van der Waals surface area contributed by atoms with Crippen molar-refractivity contribution < 1.29 is 28.9 Å². The van der Waals surface area contributed by atoms with Crippen LogP contribution >= 0.6 is 0 Å². The molecule has 1 spiro atoms. The van der Waals surface area contributed by atoms with Crippen LogP contribution in [0.15, 0.2) is 24.3 Å². The lowest BCUT2D eigenvalue weighted by atomic mass is 9.82. The molecule has 128 valence electrons.